The number of halogens is 1. The molecule has 0 amide bonds. The lowest BCUT2D eigenvalue weighted by Crippen LogP contribution is -2.19. The third-order valence-corrected chi connectivity index (χ3v) is 5.46. The van der Waals surface area contributed by atoms with Gasteiger partial charge in [0, 0.05) is 18.8 Å². The van der Waals surface area contributed by atoms with E-state index < -0.39 is 9.84 Å². The van der Waals surface area contributed by atoms with Gasteiger partial charge in [-0.2, -0.15) is 0 Å². The number of alkyl halides is 1. The summed E-state index contributed by atoms with van der Waals surface area (Å²) in [5.74, 6) is 0.208. The maximum Gasteiger partial charge on any atom is 0.178 e. The number of anilines is 1. The van der Waals surface area contributed by atoms with Crippen LogP contribution in [0.1, 0.15) is 19.8 Å². The van der Waals surface area contributed by atoms with E-state index in [2.05, 4.69) is 4.90 Å². The number of hydrogen-bond acceptors (Lipinski definition) is 3. The van der Waals surface area contributed by atoms with Crippen LogP contribution in [0.4, 0.5) is 5.69 Å². The van der Waals surface area contributed by atoms with Gasteiger partial charge in [-0.25, -0.2) is 8.42 Å². The molecule has 2 rings (SSSR count). The molecule has 1 unspecified atom stereocenters. The highest BCUT2D eigenvalue weighted by Gasteiger charge is 2.21. The van der Waals surface area contributed by atoms with Crippen LogP contribution in [0, 0.1) is 0 Å². The number of rotatable bonds is 4. The summed E-state index contributed by atoms with van der Waals surface area (Å²) in [7, 11) is -3.11. The first-order valence-corrected chi connectivity index (χ1v) is 8.33. The molecule has 0 radical (unpaired) electrons. The van der Waals surface area contributed by atoms with Crippen molar-refractivity contribution in [2.24, 2.45) is 0 Å². The number of nitrogens with zero attached hydrogens (tertiary/aromatic N) is 1. The maximum absolute atomic E-state index is 11.9. The van der Waals surface area contributed by atoms with Gasteiger partial charge < -0.3 is 4.90 Å². The lowest BCUT2D eigenvalue weighted by Gasteiger charge is -2.18. The molecule has 1 aliphatic rings. The van der Waals surface area contributed by atoms with Crippen molar-refractivity contribution < 1.29 is 8.42 Å². The summed E-state index contributed by atoms with van der Waals surface area (Å²) >= 11 is 6.06. The molecule has 100 valence electrons. The number of sulfone groups is 1. The summed E-state index contributed by atoms with van der Waals surface area (Å²) in [6.07, 6.45) is 1.63. The van der Waals surface area contributed by atoms with E-state index >= 15 is 0 Å². The Labute approximate surface area is 114 Å². The fourth-order valence-electron chi connectivity index (χ4n) is 2.20. The van der Waals surface area contributed by atoms with E-state index in [1.807, 2.05) is 19.1 Å². The largest absolute Gasteiger partial charge is 0.370 e. The molecule has 18 heavy (non-hydrogen) atoms. The Hall–Kier alpha value is -0.740. The van der Waals surface area contributed by atoms with E-state index in [0.717, 1.165) is 25.2 Å². The minimum atomic E-state index is -3.11. The van der Waals surface area contributed by atoms with Gasteiger partial charge in [0.05, 0.1) is 16.0 Å². The van der Waals surface area contributed by atoms with E-state index in [0.29, 0.717) is 11.3 Å². The Balaban J connectivity index is 2.15. The van der Waals surface area contributed by atoms with Gasteiger partial charge in [0.25, 0.3) is 0 Å². The molecular weight excluding hydrogens is 270 g/mol. The summed E-state index contributed by atoms with van der Waals surface area (Å²) in [5.41, 5.74) is 1.05. The summed E-state index contributed by atoms with van der Waals surface area (Å²) in [5, 5.41) is 0.202. The molecule has 3 nitrogen and oxygen atoms in total. The zero-order valence-corrected chi connectivity index (χ0v) is 12.0. The standard InChI is InChI=1S/C13H18ClNO2S/c1-2-9-18(16,17)13-5-3-12(4-6-13)15-8-7-11(14)10-15/h3-6,11H,2,7-10H2,1H3. The Bertz CT molecular complexity index is 498. The molecule has 0 bridgehead atoms. The van der Waals surface area contributed by atoms with Crippen molar-refractivity contribution >= 4 is 27.1 Å². The SMILES string of the molecule is CCCS(=O)(=O)c1ccc(N2CCC(Cl)C2)cc1. The second-order valence-corrected chi connectivity index (χ2v) is 7.37. The molecule has 1 saturated heterocycles. The monoisotopic (exact) mass is 287 g/mol. The number of hydrogen-bond donors (Lipinski definition) is 0. The molecule has 1 aromatic carbocycles. The average Bonchev–Trinajstić information content (AvgIpc) is 2.76. The first-order valence-electron chi connectivity index (χ1n) is 6.25. The van der Waals surface area contributed by atoms with Crippen LogP contribution in [0.15, 0.2) is 29.2 Å². The molecule has 0 aliphatic carbocycles. The summed E-state index contributed by atoms with van der Waals surface area (Å²) in [6, 6.07) is 7.14. The Kier molecular flexibility index (Phi) is 4.17. The van der Waals surface area contributed by atoms with Crippen LogP contribution in [0.2, 0.25) is 0 Å². The van der Waals surface area contributed by atoms with Crippen LogP contribution >= 0.6 is 11.6 Å². The van der Waals surface area contributed by atoms with Crippen LogP contribution in [0.3, 0.4) is 0 Å². The molecule has 1 aromatic rings. The van der Waals surface area contributed by atoms with Crippen LogP contribution in [-0.4, -0.2) is 32.6 Å². The zero-order chi connectivity index (χ0) is 13.2. The highest BCUT2D eigenvalue weighted by atomic mass is 35.5. The van der Waals surface area contributed by atoms with Crippen molar-refractivity contribution in [3.63, 3.8) is 0 Å². The Morgan fingerprint density at radius 3 is 2.50 bits per heavy atom. The molecule has 0 saturated carbocycles. The molecule has 1 aliphatic heterocycles. The van der Waals surface area contributed by atoms with Crippen molar-refractivity contribution in [2.75, 3.05) is 23.7 Å². The lowest BCUT2D eigenvalue weighted by atomic mass is 10.3. The molecule has 5 heteroatoms. The van der Waals surface area contributed by atoms with Crippen LogP contribution in [0.5, 0.6) is 0 Å². The van der Waals surface area contributed by atoms with E-state index in [4.69, 9.17) is 11.6 Å². The van der Waals surface area contributed by atoms with Gasteiger partial charge in [0.15, 0.2) is 9.84 Å². The predicted octanol–water partition coefficient (Wildman–Crippen LogP) is 2.69. The molecule has 0 spiro atoms. The van der Waals surface area contributed by atoms with Gasteiger partial charge >= 0.3 is 0 Å². The molecule has 0 aromatic heterocycles. The fraction of sp³-hybridized carbons (Fsp3) is 0.538. The van der Waals surface area contributed by atoms with E-state index in [-0.39, 0.29) is 11.1 Å². The van der Waals surface area contributed by atoms with Gasteiger partial charge in [-0.15, -0.1) is 11.6 Å². The van der Waals surface area contributed by atoms with Gasteiger partial charge in [-0.3, -0.25) is 0 Å². The quantitative estimate of drug-likeness (QED) is 0.799. The zero-order valence-electron chi connectivity index (χ0n) is 10.5. The minimum Gasteiger partial charge on any atom is -0.370 e. The Morgan fingerprint density at radius 1 is 1.33 bits per heavy atom. The lowest BCUT2D eigenvalue weighted by molar-refractivity contribution is 0.594. The molecule has 0 N–H and O–H groups in total. The first-order chi connectivity index (χ1) is 8.53. The second-order valence-electron chi connectivity index (χ2n) is 4.64. The topological polar surface area (TPSA) is 37.4 Å². The average molecular weight is 288 g/mol. The molecule has 1 fully saturated rings. The van der Waals surface area contributed by atoms with Crippen LogP contribution < -0.4 is 4.90 Å². The maximum atomic E-state index is 11.9. The second kappa shape index (κ2) is 5.49. The van der Waals surface area contributed by atoms with Gasteiger partial charge in [0.2, 0.25) is 0 Å². The summed E-state index contributed by atoms with van der Waals surface area (Å²) in [4.78, 5) is 2.60. The summed E-state index contributed by atoms with van der Waals surface area (Å²) < 4.78 is 23.8. The van der Waals surface area contributed by atoms with Gasteiger partial charge in [-0.05, 0) is 37.1 Å². The smallest absolute Gasteiger partial charge is 0.178 e. The fourth-order valence-corrected chi connectivity index (χ4v) is 3.79. The first kappa shape index (κ1) is 13.7. The number of benzene rings is 1. The van der Waals surface area contributed by atoms with Crippen molar-refractivity contribution in [1.29, 1.82) is 0 Å². The normalized spacial score (nSPS) is 20.3. The van der Waals surface area contributed by atoms with Crippen molar-refractivity contribution in [3.05, 3.63) is 24.3 Å². The summed E-state index contributed by atoms with van der Waals surface area (Å²) in [6.45, 7) is 3.65. The molecular formula is C13H18ClNO2S. The Morgan fingerprint density at radius 2 is 2.00 bits per heavy atom. The van der Waals surface area contributed by atoms with Crippen LogP contribution in [-0.2, 0) is 9.84 Å². The van der Waals surface area contributed by atoms with Gasteiger partial charge in [0.1, 0.15) is 0 Å². The van der Waals surface area contributed by atoms with E-state index in [1.165, 1.54) is 0 Å². The predicted molar refractivity (Wildman–Crippen MR) is 75.3 cm³/mol. The molecule has 1 heterocycles. The molecule has 1 atom stereocenters. The van der Waals surface area contributed by atoms with E-state index in [1.54, 1.807) is 12.1 Å². The highest BCUT2D eigenvalue weighted by Crippen LogP contribution is 2.24. The minimum absolute atomic E-state index is 0.202. The van der Waals surface area contributed by atoms with Crippen molar-refractivity contribution in [3.8, 4) is 0 Å². The van der Waals surface area contributed by atoms with Gasteiger partial charge in [-0.1, -0.05) is 6.92 Å². The highest BCUT2D eigenvalue weighted by molar-refractivity contribution is 7.91. The van der Waals surface area contributed by atoms with Crippen molar-refractivity contribution in [1.82, 2.24) is 0 Å². The van der Waals surface area contributed by atoms with Crippen molar-refractivity contribution in [2.45, 2.75) is 30.0 Å². The third-order valence-electron chi connectivity index (χ3n) is 3.16. The van der Waals surface area contributed by atoms with Crippen LogP contribution in [0.25, 0.3) is 0 Å². The van der Waals surface area contributed by atoms with E-state index in [9.17, 15) is 8.42 Å². The third kappa shape index (κ3) is 2.98.